The Kier molecular flexibility index (Phi) is 14.7. The minimum Gasteiger partial charge on any atom is -0.504 e. The number of hydrogen-bond donors (Lipinski definition) is 2. The molecule has 1 saturated heterocycles. The summed E-state index contributed by atoms with van der Waals surface area (Å²) in [5.41, 5.74) is 2.19. The number of aldehydes is 1. The molecule has 1 aromatic carbocycles. The lowest BCUT2D eigenvalue weighted by Crippen LogP contribution is -2.48. The van der Waals surface area contributed by atoms with Crippen LogP contribution in [0.1, 0.15) is 34.6 Å². The highest BCUT2D eigenvalue weighted by molar-refractivity contribution is 5.76. The number of ether oxygens (including phenoxy) is 4. The molecule has 1 aliphatic rings. The van der Waals surface area contributed by atoms with Crippen LogP contribution in [-0.4, -0.2) is 117 Å². The van der Waals surface area contributed by atoms with Crippen molar-refractivity contribution in [1.29, 1.82) is 0 Å². The molecular weight excluding hydrogens is 544 g/mol. The van der Waals surface area contributed by atoms with E-state index in [9.17, 15) is 19.5 Å². The number of nitrogens with zero attached hydrogens (tertiary/aromatic N) is 3. The summed E-state index contributed by atoms with van der Waals surface area (Å²) in [4.78, 5) is 43.8. The van der Waals surface area contributed by atoms with Gasteiger partial charge >= 0.3 is 0 Å². The number of phenolic OH excluding ortho intramolecular Hbond substituents is 1. The van der Waals surface area contributed by atoms with E-state index in [0.717, 1.165) is 30.6 Å². The number of aryl methyl sites for hydroxylation is 1. The van der Waals surface area contributed by atoms with Crippen LogP contribution < -0.4 is 10.1 Å². The van der Waals surface area contributed by atoms with Gasteiger partial charge in [0.05, 0.1) is 58.9 Å². The monoisotopic (exact) mass is 586 g/mol. The van der Waals surface area contributed by atoms with Crippen LogP contribution in [-0.2, 0) is 36.8 Å². The Morgan fingerprint density at radius 1 is 0.952 bits per heavy atom. The van der Waals surface area contributed by atoms with Gasteiger partial charge in [-0.25, -0.2) is 4.98 Å². The molecule has 12 heteroatoms. The number of aromatic hydroxyl groups is 1. The SMILES string of the molecule is COc1cc(CCC(=O)NCCOCCOCCOCCC(=O)N2CCN(Cc3cccc(C=O)n3)CC2)ccc1O. The zero-order chi connectivity index (χ0) is 30.0. The molecule has 1 aliphatic heterocycles. The molecule has 0 atom stereocenters. The molecule has 2 N–H and O–H groups in total. The van der Waals surface area contributed by atoms with Gasteiger partial charge in [0.1, 0.15) is 5.69 Å². The largest absolute Gasteiger partial charge is 0.504 e. The maximum Gasteiger partial charge on any atom is 0.224 e. The Bertz CT molecular complexity index is 1120. The van der Waals surface area contributed by atoms with E-state index >= 15 is 0 Å². The standard InChI is InChI=1S/C30H42N4O8/c1-39-28-21-24(5-7-27(28)36)6-8-29(37)31-10-16-41-18-20-42-19-17-40-15-9-30(38)34-13-11-33(12-14-34)22-25-3-2-4-26(23-35)32-25/h2-5,7,21,23,36H,6,8-20,22H2,1H3,(H,31,37). The van der Waals surface area contributed by atoms with E-state index in [0.29, 0.717) is 96.5 Å². The molecule has 42 heavy (non-hydrogen) atoms. The fraction of sp³-hybridized carbons (Fsp3) is 0.533. The normalized spacial score (nSPS) is 13.6. The van der Waals surface area contributed by atoms with Crippen molar-refractivity contribution in [2.45, 2.75) is 25.8 Å². The van der Waals surface area contributed by atoms with Crippen LogP contribution in [0, 0.1) is 0 Å². The predicted octanol–water partition coefficient (Wildman–Crippen LogP) is 1.44. The van der Waals surface area contributed by atoms with Gasteiger partial charge in [0.2, 0.25) is 11.8 Å². The summed E-state index contributed by atoms with van der Waals surface area (Å²) >= 11 is 0. The fourth-order valence-electron chi connectivity index (χ4n) is 4.38. The molecule has 1 fully saturated rings. The lowest BCUT2D eigenvalue weighted by molar-refractivity contribution is -0.134. The number of carbonyl (C=O) groups excluding carboxylic acids is 3. The molecule has 0 bridgehead atoms. The topological polar surface area (TPSA) is 140 Å². The molecule has 1 aromatic heterocycles. The van der Waals surface area contributed by atoms with Gasteiger partial charge in [0.15, 0.2) is 17.8 Å². The summed E-state index contributed by atoms with van der Waals surface area (Å²) in [7, 11) is 1.49. The molecule has 0 radical (unpaired) electrons. The Morgan fingerprint density at radius 2 is 1.67 bits per heavy atom. The number of phenols is 1. The van der Waals surface area contributed by atoms with E-state index in [-0.39, 0.29) is 17.6 Å². The number of aromatic nitrogens is 1. The molecule has 2 aromatic rings. The molecular formula is C30H42N4O8. The van der Waals surface area contributed by atoms with E-state index in [1.165, 1.54) is 7.11 Å². The summed E-state index contributed by atoms with van der Waals surface area (Å²) in [6.45, 7) is 6.29. The first kappa shape index (κ1) is 32.9. The third kappa shape index (κ3) is 12.1. The van der Waals surface area contributed by atoms with Gasteiger partial charge in [-0.1, -0.05) is 12.1 Å². The molecule has 3 rings (SSSR count). The first-order valence-corrected chi connectivity index (χ1v) is 14.3. The third-order valence-corrected chi connectivity index (χ3v) is 6.72. The molecule has 230 valence electrons. The highest BCUT2D eigenvalue weighted by Gasteiger charge is 2.21. The molecule has 0 unspecified atom stereocenters. The van der Waals surface area contributed by atoms with E-state index in [1.807, 2.05) is 17.0 Å². The van der Waals surface area contributed by atoms with Crippen LogP contribution in [0.4, 0.5) is 0 Å². The number of piperazine rings is 1. The number of methoxy groups -OCH3 is 1. The Morgan fingerprint density at radius 3 is 2.38 bits per heavy atom. The molecule has 0 spiro atoms. The maximum atomic E-state index is 12.5. The van der Waals surface area contributed by atoms with Gasteiger partial charge in [-0.15, -0.1) is 0 Å². The smallest absolute Gasteiger partial charge is 0.224 e. The quantitative estimate of drug-likeness (QED) is 0.184. The molecule has 0 saturated carbocycles. The summed E-state index contributed by atoms with van der Waals surface area (Å²) in [6.07, 6.45) is 1.96. The van der Waals surface area contributed by atoms with Crippen molar-refractivity contribution in [3.63, 3.8) is 0 Å². The van der Waals surface area contributed by atoms with Crippen molar-refractivity contribution in [3.05, 3.63) is 53.3 Å². The second-order valence-electron chi connectivity index (χ2n) is 9.77. The van der Waals surface area contributed by atoms with Crippen LogP contribution in [0.15, 0.2) is 36.4 Å². The van der Waals surface area contributed by atoms with E-state index in [2.05, 4.69) is 15.2 Å². The Labute approximate surface area is 246 Å². The summed E-state index contributed by atoms with van der Waals surface area (Å²) < 4.78 is 21.6. The number of hydrogen-bond acceptors (Lipinski definition) is 10. The van der Waals surface area contributed by atoms with E-state index in [4.69, 9.17) is 18.9 Å². The number of pyridine rings is 1. The average Bonchev–Trinajstić information content (AvgIpc) is 3.01. The van der Waals surface area contributed by atoms with Gasteiger partial charge in [0, 0.05) is 45.7 Å². The zero-order valence-electron chi connectivity index (χ0n) is 24.3. The van der Waals surface area contributed by atoms with Crippen molar-refractivity contribution >= 4 is 18.1 Å². The minimum atomic E-state index is -0.0737. The average molecular weight is 587 g/mol. The minimum absolute atomic E-state index is 0.0724. The van der Waals surface area contributed by atoms with Crippen LogP contribution >= 0.6 is 0 Å². The first-order valence-electron chi connectivity index (χ1n) is 14.3. The zero-order valence-corrected chi connectivity index (χ0v) is 24.3. The fourth-order valence-corrected chi connectivity index (χ4v) is 4.38. The second-order valence-corrected chi connectivity index (χ2v) is 9.77. The van der Waals surface area contributed by atoms with Gasteiger partial charge in [-0.3, -0.25) is 19.3 Å². The van der Waals surface area contributed by atoms with Gasteiger partial charge in [0.25, 0.3) is 0 Å². The predicted molar refractivity (Wildman–Crippen MR) is 155 cm³/mol. The first-order chi connectivity index (χ1) is 20.5. The molecule has 2 amide bonds. The number of carbonyl (C=O) groups is 3. The summed E-state index contributed by atoms with van der Waals surface area (Å²) in [5, 5.41) is 12.4. The van der Waals surface area contributed by atoms with Crippen molar-refractivity contribution in [2.24, 2.45) is 0 Å². The lowest BCUT2D eigenvalue weighted by Gasteiger charge is -2.34. The highest BCUT2D eigenvalue weighted by atomic mass is 16.5. The van der Waals surface area contributed by atoms with Crippen LogP contribution in [0.3, 0.4) is 0 Å². The summed E-state index contributed by atoms with van der Waals surface area (Å²) in [5.74, 6) is 0.470. The van der Waals surface area contributed by atoms with Gasteiger partial charge in [-0.2, -0.15) is 0 Å². The maximum absolute atomic E-state index is 12.5. The molecule has 12 nitrogen and oxygen atoms in total. The van der Waals surface area contributed by atoms with Gasteiger partial charge in [-0.05, 0) is 36.2 Å². The summed E-state index contributed by atoms with van der Waals surface area (Å²) in [6, 6.07) is 10.5. The lowest BCUT2D eigenvalue weighted by atomic mass is 10.1. The Balaban J connectivity index is 1.10. The number of nitrogens with one attached hydrogen (secondary N) is 1. The van der Waals surface area contributed by atoms with Crippen molar-refractivity contribution in [1.82, 2.24) is 20.1 Å². The van der Waals surface area contributed by atoms with Crippen LogP contribution in [0.25, 0.3) is 0 Å². The molecule has 2 heterocycles. The second kappa shape index (κ2) is 18.8. The molecule has 0 aliphatic carbocycles. The van der Waals surface area contributed by atoms with Gasteiger partial charge < -0.3 is 34.3 Å². The highest BCUT2D eigenvalue weighted by Crippen LogP contribution is 2.26. The number of rotatable bonds is 19. The van der Waals surface area contributed by atoms with Crippen molar-refractivity contribution in [3.8, 4) is 11.5 Å². The van der Waals surface area contributed by atoms with E-state index in [1.54, 1.807) is 24.3 Å². The van der Waals surface area contributed by atoms with Crippen molar-refractivity contribution in [2.75, 3.05) is 79.5 Å². The number of amides is 2. The third-order valence-electron chi connectivity index (χ3n) is 6.72. The van der Waals surface area contributed by atoms with Crippen LogP contribution in [0.2, 0.25) is 0 Å². The Hall–Kier alpha value is -3.58. The van der Waals surface area contributed by atoms with E-state index < -0.39 is 0 Å². The van der Waals surface area contributed by atoms with Crippen molar-refractivity contribution < 1.29 is 38.4 Å². The number of benzene rings is 1. The van der Waals surface area contributed by atoms with Crippen LogP contribution in [0.5, 0.6) is 11.5 Å².